The molecule has 0 spiro atoms. The summed E-state index contributed by atoms with van der Waals surface area (Å²) in [5.41, 5.74) is -0.0981. The Labute approximate surface area is 242 Å². The monoisotopic (exact) mass is 583 g/mol. The largest absolute Gasteiger partial charge is 0.465 e. The molecular formula is C30H41N5O5S. The molecule has 1 amide bonds. The molecule has 2 aromatic heterocycles. The topological polar surface area (TPSA) is 138 Å². The van der Waals surface area contributed by atoms with Crippen molar-refractivity contribution in [2.45, 2.75) is 65.5 Å². The highest BCUT2D eigenvalue weighted by Crippen LogP contribution is 2.48. The first-order chi connectivity index (χ1) is 19.0. The Morgan fingerprint density at radius 2 is 1.80 bits per heavy atom. The molecule has 3 aromatic rings. The first-order valence-electron chi connectivity index (χ1n) is 13.8. The molecule has 0 saturated heterocycles. The van der Waals surface area contributed by atoms with Crippen LogP contribution in [0.2, 0.25) is 0 Å². The van der Waals surface area contributed by atoms with Gasteiger partial charge in [-0.1, -0.05) is 58.0 Å². The van der Waals surface area contributed by atoms with E-state index in [0.717, 1.165) is 22.5 Å². The second kappa shape index (κ2) is 11.0. The molecule has 2 heterocycles. The molecule has 11 heteroatoms. The number of sulfonamides is 1. The molecular weight excluding hydrogens is 542 g/mol. The van der Waals surface area contributed by atoms with Gasteiger partial charge in [0.05, 0.1) is 12.5 Å². The van der Waals surface area contributed by atoms with Crippen molar-refractivity contribution in [1.29, 1.82) is 0 Å². The van der Waals surface area contributed by atoms with Crippen molar-refractivity contribution in [2.24, 2.45) is 17.3 Å². The van der Waals surface area contributed by atoms with Crippen molar-refractivity contribution in [2.75, 3.05) is 22.9 Å². The minimum absolute atomic E-state index is 0.144. The Hall–Kier alpha value is -3.60. The van der Waals surface area contributed by atoms with E-state index in [-0.39, 0.29) is 29.1 Å². The molecule has 222 valence electrons. The van der Waals surface area contributed by atoms with Gasteiger partial charge in [0.2, 0.25) is 15.9 Å². The lowest BCUT2D eigenvalue weighted by Crippen LogP contribution is -2.51. The Morgan fingerprint density at radius 1 is 1.17 bits per heavy atom. The highest BCUT2D eigenvalue weighted by molar-refractivity contribution is 7.92. The van der Waals surface area contributed by atoms with Gasteiger partial charge < -0.3 is 20.2 Å². The van der Waals surface area contributed by atoms with Gasteiger partial charge in [-0.3, -0.25) is 4.31 Å². The van der Waals surface area contributed by atoms with Crippen LogP contribution in [0.1, 0.15) is 65.2 Å². The maximum Gasteiger partial charge on any atom is 0.405 e. The van der Waals surface area contributed by atoms with Crippen molar-refractivity contribution >= 4 is 27.8 Å². The Bertz CT molecular complexity index is 1500. The number of carboxylic acid groups (broad SMARTS) is 1. The molecule has 0 radical (unpaired) electrons. The Kier molecular flexibility index (Phi) is 8.14. The van der Waals surface area contributed by atoms with E-state index in [4.69, 9.17) is 4.42 Å². The molecule has 1 aliphatic carbocycles. The number of amides is 1. The fourth-order valence-corrected chi connectivity index (χ4v) is 6.36. The van der Waals surface area contributed by atoms with Crippen molar-refractivity contribution in [1.82, 2.24) is 15.3 Å². The molecule has 4 rings (SSSR count). The number of nitrogens with zero attached hydrogens (tertiary/aromatic N) is 3. The number of aromatic nitrogens is 2. The summed E-state index contributed by atoms with van der Waals surface area (Å²) in [5.74, 6) is 2.08. The lowest BCUT2D eigenvalue weighted by Gasteiger charge is -2.43. The standard InChI is InChI=1S/C30H41N5O5S/c1-18-14-22(18)19(2)32-24-15-21(16-25(33-24)35(7)41(8,38)39)27-31-17-23(40-27)30(6,34-28(36)37)26(29(3,4)5)20-12-10-9-11-13-20/h9-13,15-19,22,26,34H,14H2,1-8H3,(H,32,33)(H,36,37)/t18-,19-,22-,26?,30-/m0/s1. The van der Waals surface area contributed by atoms with Crippen molar-refractivity contribution in [3.05, 3.63) is 60.0 Å². The van der Waals surface area contributed by atoms with Gasteiger partial charge in [0.1, 0.15) is 17.2 Å². The summed E-state index contributed by atoms with van der Waals surface area (Å²) in [6.45, 7) is 12.3. The zero-order chi connectivity index (χ0) is 30.3. The van der Waals surface area contributed by atoms with E-state index in [2.05, 4.69) is 55.2 Å². The summed E-state index contributed by atoms with van der Waals surface area (Å²) in [5, 5.41) is 16.1. The first kappa shape index (κ1) is 30.4. The number of nitrogens with one attached hydrogen (secondary N) is 2. The normalized spacial score (nSPS) is 20.0. The van der Waals surface area contributed by atoms with Crippen molar-refractivity contribution in [3.8, 4) is 11.5 Å². The third kappa shape index (κ3) is 6.66. The SMILES string of the molecule is C[C@H](Nc1cc(-c2ncc([C@](C)(NC(=O)O)C(c3ccccc3)C(C)(C)C)o2)cc(N(C)S(C)(=O)=O)n1)[C@H]1C[C@@H]1C. The maximum atomic E-state index is 12.4. The van der Waals surface area contributed by atoms with Crippen molar-refractivity contribution in [3.63, 3.8) is 0 Å². The minimum atomic E-state index is -3.59. The average molecular weight is 584 g/mol. The number of hydrogen-bond acceptors (Lipinski definition) is 7. The van der Waals surface area contributed by atoms with E-state index in [1.807, 2.05) is 30.3 Å². The summed E-state index contributed by atoms with van der Waals surface area (Å²) >= 11 is 0. The van der Waals surface area contributed by atoms with Gasteiger partial charge in [-0.25, -0.2) is 23.2 Å². The molecule has 1 aliphatic rings. The zero-order valence-corrected chi connectivity index (χ0v) is 25.8. The molecule has 1 aromatic carbocycles. The summed E-state index contributed by atoms with van der Waals surface area (Å²) in [6.07, 6.45) is 2.59. The number of oxazole rings is 1. The predicted octanol–water partition coefficient (Wildman–Crippen LogP) is 5.90. The van der Waals surface area contributed by atoms with Crippen LogP contribution in [0.15, 0.2) is 53.1 Å². The fraction of sp³-hybridized carbons (Fsp3) is 0.500. The van der Waals surface area contributed by atoms with E-state index in [1.165, 1.54) is 13.2 Å². The van der Waals surface area contributed by atoms with E-state index in [9.17, 15) is 18.3 Å². The molecule has 41 heavy (non-hydrogen) atoms. The van der Waals surface area contributed by atoms with Gasteiger partial charge in [-0.2, -0.15) is 0 Å². The zero-order valence-electron chi connectivity index (χ0n) is 25.0. The highest BCUT2D eigenvalue weighted by atomic mass is 32.2. The van der Waals surface area contributed by atoms with E-state index < -0.39 is 21.7 Å². The number of rotatable bonds is 10. The third-order valence-corrected chi connectivity index (χ3v) is 9.21. The first-order valence-corrected chi connectivity index (χ1v) is 15.6. The van der Waals surface area contributed by atoms with E-state index in [1.54, 1.807) is 19.1 Å². The molecule has 1 saturated carbocycles. The average Bonchev–Trinajstić information content (AvgIpc) is 3.38. The Morgan fingerprint density at radius 3 is 2.34 bits per heavy atom. The number of carbonyl (C=O) groups is 1. The van der Waals surface area contributed by atoms with Crippen LogP contribution in [-0.2, 0) is 15.6 Å². The van der Waals surface area contributed by atoms with Crippen LogP contribution in [0.4, 0.5) is 16.4 Å². The van der Waals surface area contributed by atoms with Crippen LogP contribution in [0.25, 0.3) is 11.5 Å². The van der Waals surface area contributed by atoms with E-state index >= 15 is 0 Å². The summed E-state index contributed by atoms with van der Waals surface area (Å²) < 4.78 is 32.2. The molecule has 0 aliphatic heterocycles. The highest BCUT2D eigenvalue weighted by Gasteiger charge is 2.47. The molecule has 0 bridgehead atoms. The molecule has 5 atom stereocenters. The summed E-state index contributed by atoms with van der Waals surface area (Å²) in [7, 11) is -2.14. The number of benzene rings is 1. The van der Waals surface area contributed by atoms with Crippen LogP contribution >= 0.6 is 0 Å². The summed E-state index contributed by atoms with van der Waals surface area (Å²) in [6, 6.07) is 13.3. The third-order valence-electron chi connectivity index (χ3n) is 8.03. The maximum absolute atomic E-state index is 12.4. The molecule has 3 N–H and O–H groups in total. The van der Waals surface area contributed by atoms with Gasteiger partial charge in [-0.05, 0) is 55.2 Å². The van der Waals surface area contributed by atoms with Crippen molar-refractivity contribution < 1.29 is 22.7 Å². The number of anilines is 2. The minimum Gasteiger partial charge on any atom is -0.465 e. The predicted molar refractivity (Wildman–Crippen MR) is 160 cm³/mol. The van der Waals surface area contributed by atoms with Gasteiger partial charge in [0, 0.05) is 24.6 Å². The van der Waals surface area contributed by atoms with Crippen LogP contribution in [0, 0.1) is 17.3 Å². The van der Waals surface area contributed by atoms with Gasteiger partial charge >= 0.3 is 6.09 Å². The molecule has 1 unspecified atom stereocenters. The second-order valence-corrected chi connectivity index (χ2v) is 14.5. The van der Waals surface area contributed by atoms with Gasteiger partial charge in [0.15, 0.2) is 5.76 Å². The lowest BCUT2D eigenvalue weighted by molar-refractivity contribution is 0.131. The molecule has 1 fully saturated rings. The fourth-order valence-electron chi connectivity index (χ4n) is 5.92. The van der Waals surface area contributed by atoms with Crippen LogP contribution in [0.5, 0.6) is 0 Å². The van der Waals surface area contributed by atoms with E-state index in [0.29, 0.717) is 29.0 Å². The van der Waals surface area contributed by atoms with Crippen LogP contribution in [0.3, 0.4) is 0 Å². The number of hydrogen-bond donors (Lipinski definition) is 3. The second-order valence-electron chi connectivity index (χ2n) is 12.5. The quantitative estimate of drug-likeness (QED) is 0.268. The van der Waals surface area contributed by atoms with Crippen LogP contribution in [-0.4, -0.2) is 48.9 Å². The van der Waals surface area contributed by atoms with Crippen LogP contribution < -0.4 is 14.9 Å². The smallest absolute Gasteiger partial charge is 0.405 e. The van der Waals surface area contributed by atoms with Gasteiger partial charge in [0.25, 0.3) is 0 Å². The molecule has 10 nitrogen and oxygen atoms in total. The van der Waals surface area contributed by atoms with Gasteiger partial charge in [-0.15, -0.1) is 0 Å². The number of pyridine rings is 1. The lowest BCUT2D eigenvalue weighted by atomic mass is 9.65. The Balaban J connectivity index is 1.81. The summed E-state index contributed by atoms with van der Waals surface area (Å²) in [4.78, 5) is 21.2.